The molecule has 2 atom stereocenters. The topological polar surface area (TPSA) is 76.1 Å². The molecule has 6 nitrogen and oxygen atoms in total. The Labute approximate surface area is 397 Å². The maximum Gasteiger partial charge on any atom is 0.305 e. The van der Waals surface area contributed by atoms with Crippen molar-refractivity contribution in [1.82, 2.24) is 4.90 Å². The van der Waals surface area contributed by atoms with Crippen LogP contribution in [0.25, 0.3) is 0 Å². The Hall–Kier alpha value is -1.56. The highest BCUT2D eigenvalue weighted by molar-refractivity contribution is 5.69. The summed E-state index contributed by atoms with van der Waals surface area (Å²) in [5, 5.41) is 9.37. The van der Waals surface area contributed by atoms with Crippen molar-refractivity contribution in [3.05, 3.63) is 12.8 Å². The summed E-state index contributed by atoms with van der Waals surface area (Å²) in [7, 11) is 0. The molecule has 0 fully saturated rings. The van der Waals surface area contributed by atoms with Crippen molar-refractivity contribution < 1.29 is 24.2 Å². The molecule has 0 bridgehead atoms. The van der Waals surface area contributed by atoms with Crippen LogP contribution in [0, 0.1) is 5.92 Å². The number of ether oxygens (including phenoxy) is 2. The molecule has 63 heavy (non-hydrogen) atoms. The molecule has 0 aliphatic rings. The maximum atomic E-state index is 11.8. The van der Waals surface area contributed by atoms with Gasteiger partial charge in [0.1, 0.15) is 0 Å². The molecule has 0 radical (unpaired) electrons. The van der Waals surface area contributed by atoms with E-state index in [4.69, 9.17) is 9.47 Å². The standard InChI is InChI=1S/C23H46O2.C16H32O3.C10H21N.C8H18/c1-4-7-10-12-15-18-22(17-14-9-6-3)20-21-25-23(24)19-16-13-11-8-5-2;1-3-5-6-7-8-11-14-19-16(18)13-10-9-12-15(17)4-2;1-4-7-8-10-11(6-3)9-5-2;1-3-5-7-8-6-4-2/h22H,4-21H2,1-3H3;15,17H,3-14H2,1-2H3;6H,3-5,7-10H2,1-2H3;3-8H2,1-2H3. The lowest BCUT2D eigenvalue weighted by Gasteiger charge is -2.18. The lowest BCUT2D eigenvalue weighted by molar-refractivity contribution is -0.145. The molecule has 0 aromatic heterocycles. The molecule has 6 heteroatoms. The summed E-state index contributed by atoms with van der Waals surface area (Å²) in [5.74, 6) is 0.692. The van der Waals surface area contributed by atoms with E-state index in [9.17, 15) is 14.7 Å². The Bertz CT molecular complexity index is 844. The molecule has 0 saturated heterocycles. The Morgan fingerprint density at radius 3 is 1.25 bits per heavy atom. The van der Waals surface area contributed by atoms with E-state index in [1.807, 2.05) is 13.1 Å². The monoisotopic (exact) mass is 896 g/mol. The highest BCUT2D eigenvalue weighted by Gasteiger charge is 2.11. The number of aliphatic hydroxyl groups is 1. The van der Waals surface area contributed by atoms with Gasteiger partial charge in [-0.1, -0.05) is 249 Å². The molecular weight excluding hydrogens is 779 g/mol. The molecule has 0 amide bonds. The highest BCUT2D eigenvalue weighted by Crippen LogP contribution is 2.22. The minimum atomic E-state index is -0.209. The van der Waals surface area contributed by atoms with Gasteiger partial charge in [-0.2, -0.15) is 0 Å². The van der Waals surface area contributed by atoms with Crippen molar-refractivity contribution in [2.45, 2.75) is 312 Å². The van der Waals surface area contributed by atoms with E-state index in [-0.39, 0.29) is 18.0 Å². The van der Waals surface area contributed by atoms with Gasteiger partial charge in [0.15, 0.2) is 0 Å². The zero-order valence-corrected chi connectivity index (χ0v) is 44.7. The second-order valence-electron chi connectivity index (χ2n) is 18.4. The summed E-state index contributed by atoms with van der Waals surface area (Å²) in [6, 6.07) is 0. The van der Waals surface area contributed by atoms with Gasteiger partial charge in [-0.05, 0) is 63.5 Å². The van der Waals surface area contributed by atoms with E-state index in [0.717, 1.165) is 63.8 Å². The fraction of sp³-hybridized carbons (Fsp3) is 0.930. The van der Waals surface area contributed by atoms with Gasteiger partial charge >= 0.3 is 11.9 Å². The van der Waals surface area contributed by atoms with E-state index >= 15 is 0 Å². The largest absolute Gasteiger partial charge is 0.466 e. The number of nitrogens with zero attached hydrogens (tertiary/aromatic N) is 1. The molecule has 2 unspecified atom stereocenters. The molecule has 0 heterocycles. The molecule has 0 aliphatic heterocycles. The van der Waals surface area contributed by atoms with Crippen molar-refractivity contribution in [1.29, 1.82) is 0 Å². The van der Waals surface area contributed by atoms with Crippen LogP contribution in [0.1, 0.15) is 306 Å². The van der Waals surface area contributed by atoms with Crippen LogP contribution in [-0.2, 0) is 19.1 Å². The fourth-order valence-electron chi connectivity index (χ4n) is 7.43. The first-order chi connectivity index (χ1) is 30.7. The Kier molecular flexibility index (Phi) is 67.5. The predicted octanol–water partition coefficient (Wildman–Crippen LogP) is 18.5. The molecular formula is C57H117NO5. The zero-order chi connectivity index (χ0) is 47.7. The van der Waals surface area contributed by atoms with Crippen LogP contribution >= 0.6 is 0 Å². The van der Waals surface area contributed by atoms with Crippen LogP contribution < -0.4 is 0 Å². The third-order valence-corrected chi connectivity index (χ3v) is 11.9. The third kappa shape index (κ3) is 64.8. The van der Waals surface area contributed by atoms with E-state index < -0.39 is 0 Å². The van der Waals surface area contributed by atoms with Gasteiger partial charge in [-0.3, -0.25) is 9.59 Å². The van der Waals surface area contributed by atoms with Crippen molar-refractivity contribution >= 4 is 11.9 Å². The van der Waals surface area contributed by atoms with Crippen LogP contribution in [0.2, 0.25) is 0 Å². The molecule has 0 aromatic carbocycles. The molecule has 0 rings (SSSR count). The minimum Gasteiger partial charge on any atom is -0.466 e. The van der Waals surface area contributed by atoms with Gasteiger partial charge in [0, 0.05) is 25.9 Å². The summed E-state index contributed by atoms with van der Waals surface area (Å²) in [6.07, 6.45) is 47.5. The van der Waals surface area contributed by atoms with Gasteiger partial charge in [0.25, 0.3) is 0 Å². The summed E-state index contributed by atoms with van der Waals surface area (Å²) in [5.41, 5.74) is 0. The van der Waals surface area contributed by atoms with Crippen LogP contribution in [0.15, 0.2) is 12.8 Å². The van der Waals surface area contributed by atoms with Gasteiger partial charge in [0.05, 0.1) is 19.3 Å². The Morgan fingerprint density at radius 1 is 0.429 bits per heavy atom. The quantitative estimate of drug-likeness (QED) is 0.0485. The fourth-order valence-corrected chi connectivity index (χ4v) is 7.43. The number of hydrogen-bond donors (Lipinski definition) is 1. The normalized spacial score (nSPS) is 11.5. The number of aliphatic hydroxyl groups excluding tert-OH is 1. The second kappa shape index (κ2) is 62.5. The smallest absolute Gasteiger partial charge is 0.305 e. The highest BCUT2D eigenvalue weighted by atomic mass is 16.5. The lowest BCUT2D eigenvalue weighted by atomic mass is 9.92. The summed E-state index contributed by atoms with van der Waals surface area (Å²) in [4.78, 5) is 25.5. The Balaban J connectivity index is -0.000000401. The SMILES string of the molecule is C=CN(CCC)CCCCC.CCCCCCCC.CCCCCCCC(=O)OCCC(CCCCC)CCCCCCC.CCCCCCCCOC(=O)CCCCC(O)CC. The Morgan fingerprint density at radius 2 is 0.794 bits per heavy atom. The first-order valence-electron chi connectivity index (χ1n) is 28.1. The number of rotatable bonds is 44. The molecule has 1 N–H and O–H groups in total. The molecule has 0 aliphatic carbocycles. The molecule has 0 spiro atoms. The summed E-state index contributed by atoms with van der Waals surface area (Å²) >= 11 is 0. The van der Waals surface area contributed by atoms with E-state index in [2.05, 4.69) is 66.9 Å². The molecule has 0 saturated carbocycles. The van der Waals surface area contributed by atoms with Crippen molar-refractivity contribution in [2.24, 2.45) is 5.92 Å². The summed E-state index contributed by atoms with van der Waals surface area (Å²) in [6.45, 7) is 27.2. The first-order valence-corrected chi connectivity index (χ1v) is 28.1. The number of hydrogen-bond acceptors (Lipinski definition) is 6. The summed E-state index contributed by atoms with van der Waals surface area (Å²) < 4.78 is 10.7. The lowest BCUT2D eigenvalue weighted by Crippen LogP contribution is -2.18. The molecule has 0 aromatic rings. The van der Waals surface area contributed by atoms with Gasteiger partial charge in [0.2, 0.25) is 0 Å². The average Bonchev–Trinajstić information content (AvgIpc) is 3.29. The third-order valence-electron chi connectivity index (χ3n) is 11.9. The van der Waals surface area contributed by atoms with E-state index in [0.29, 0.717) is 26.1 Å². The average molecular weight is 897 g/mol. The number of carbonyl (C=O) groups is 2. The van der Waals surface area contributed by atoms with Crippen LogP contribution in [0.5, 0.6) is 0 Å². The number of unbranched alkanes of at least 4 members (excludes halogenated alkanes) is 23. The van der Waals surface area contributed by atoms with Crippen LogP contribution in [-0.4, -0.2) is 54.4 Å². The maximum absolute atomic E-state index is 11.8. The van der Waals surface area contributed by atoms with E-state index in [1.165, 1.54) is 186 Å². The van der Waals surface area contributed by atoms with Gasteiger partial charge < -0.3 is 19.5 Å². The van der Waals surface area contributed by atoms with Gasteiger partial charge in [-0.15, -0.1) is 0 Å². The van der Waals surface area contributed by atoms with Crippen molar-refractivity contribution in [3.8, 4) is 0 Å². The van der Waals surface area contributed by atoms with E-state index in [1.54, 1.807) is 0 Å². The number of carbonyl (C=O) groups excluding carboxylic acids is 2. The number of esters is 2. The zero-order valence-electron chi connectivity index (χ0n) is 44.7. The van der Waals surface area contributed by atoms with Crippen molar-refractivity contribution in [3.63, 3.8) is 0 Å². The van der Waals surface area contributed by atoms with Crippen LogP contribution in [0.3, 0.4) is 0 Å². The van der Waals surface area contributed by atoms with Crippen LogP contribution in [0.4, 0.5) is 0 Å². The second-order valence-corrected chi connectivity index (χ2v) is 18.4. The van der Waals surface area contributed by atoms with Crippen molar-refractivity contribution in [2.75, 3.05) is 26.3 Å². The predicted molar refractivity (Wildman–Crippen MR) is 280 cm³/mol. The van der Waals surface area contributed by atoms with Gasteiger partial charge in [-0.25, -0.2) is 0 Å². The molecule has 380 valence electrons. The minimum absolute atomic E-state index is 0.0201. The first kappa shape index (κ1) is 68.0.